The van der Waals surface area contributed by atoms with E-state index in [9.17, 15) is 48.3 Å². The second-order valence-corrected chi connectivity index (χ2v) is 8.81. The molecule has 0 heterocycles. The average Bonchev–Trinajstić information content (AvgIpc) is 2.94. The number of unbranched alkanes of at least 4 members (excludes halogenated alkanes) is 3. The van der Waals surface area contributed by atoms with E-state index in [0.29, 0.717) is 12.8 Å². The van der Waals surface area contributed by atoms with Crippen molar-refractivity contribution in [3.63, 3.8) is 0 Å². The van der Waals surface area contributed by atoms with Gasteiger partial charge in [0.15, 0.2) is 64.0 Å². The van der Waals surface area contributed by atoms with Crippen molar-refractivity contribution in [1.82, 2.24) is 0 Å². The van der Waals surface area contributed by atoms with Gasteiger partial charge in [-0.3, -0.25) is 0 Å². The first kappa shape index (κ1) is 30.2. The molecule has 0 unspecified atom stereocenters. The lowest BCUT2D eigenvalue weighted by Gasteiger charge is -2.29. The Hall–Kier alpha value is -3.78. The summed E-state index contributed by atoms with van der Waals surface area (Å²) in [5, 5.41) is -8.15. The van der Waals surface area contributed by atoms with E-state index in [4.69, 9.17) is 0 Å². The van der Waals surface area contributed by atoms with Crippen LogP contribution in [-0.2, 0) is 0 Å². The second kappa shape index (κ2) is 10.9. The zero-order valence-corrected chi connectivity index (χ0v) is 20.3. The summed E-state index contributed by atoms with van der Waals surface area (Å²) in [6, 6.07) is 0. The molecule has 0 aromatic heterocycles. The Morgan fingerprint density at radius 3 is 1.15 bits per heavy atom. The molecule has 0 aliphatic carbocycles. The Bertz CT molecular complexity index is 1700. The fraction of sp³-hybridized carbons (Fsp3) is 0.231. The molecule has 41 heavy (non-hydrogen) atoms. The normalized spacial score (nSPS) is 11.8. The summed E-state index contributed by atoms with van der Waals surface area (Å²) in [7, 11) is 0. The van der Waals surface area contributed by atoms with E-state index in [-0.39, 0.29) is 17.7 Å². The minimum atomic E-state index is -2.70. The first-order valence-corrected chi connectivity index (χ1v) is 11.6. The summed E-state index contributed by atoms with van der Waals surface area (Å²) in [5.41, 5.74) is -3.91. The highest BCUT2D eigenvalue weighted by Gasteiger charge is 2.37. The largest absolute Gasteiger partial charge is 0.333 e. The SMILES string of the molecule is CCCCCCN(c1c(F)c(F)c(F)c(F)c1F)c1c(F)c(F)c(F)c2c(F)c3c(F)c(F)c(F)c(F)c3c(F)c12. The lowest BCUT2D eigenvalue weighted by molar-refractivity contribution is 0.379. The maximum atomic E-state index is 15.8. The Labute approximate surface area is 220 Å². The monoisotopic (exact) mass is 605 g/mol. The van der Waals surface area contributed by atoms with Gasteiger partial charge in [0.05, 0.1) is 27.2 Å². The van der Waals surface area contributed by atoms with Gasteiger partial charge >= 0.3 is 0 Å². The maximum absolute atomic E-state index is 15.8. The van der Waals surface area contributed by atoms with Gasteiger partial charge < -0.3 is 4.90 Å². The van der Waals surface area contributed by atoms with Crippen LogP contribution in [0.2, 0.25) is 0 Å². The Balaban J connectivity index is 2.27. The van der Waals surface area contributed by atoms with E-state index in [1.54, 1.807) is 6.92 Å². The first-order valence-electron chi connectivity index (χ1n) is 11.6. The number of hydrogen-bond donors (Lipinski definition) is 0. The maximum Gasteiger partial charge on any atom is 0.200 e. The molecule has 4 aromatic rings. The topological polar surface area (TPSA) is 3.24 Å². The van der Waals surface area contributed by atoms with Crippen LogP contribution in [0.5, 0.6) is 0 Å². The Morgan fingerprint density at radius 2 is 0.683 bits per heavy atom. The van der Waals surface area contributed by atoms with Crippen molar-refractivity contribution < 1.29 is 61.5 Å². The smallest absolute Gasteiger partial charge is 0.200 e. The molecule has 0 fully saturated rings. The van der Waals surface area contributed by atoms with Gasteiger partial charge in [-0.15, -0.1) is 0 Å². The fourth-order valence-electron chi connectivity index (χ4n) is 4.48. The minimum Gasteiger partial charge on any atom is -0.333 e. The number of anilines is 2. The summed E-state index contributed by atoms with van der Waals surface area (Å²) in [6.07, 6.45) is 0.669. The Kier molecular flexibility index (Phi) is 8.02. The predicted molar refractivity (Wildman–Crippen MR) is 118 cm³/mol. The third-order valence-corrected chi connectivity index (χ3v) is 6.41. The summed E-state index contributed by atoms with van der Waals surface area (Å²) in [4.78, 5) is -0.214. The molecule has 0 saturated carbocycles. The zero-order valence-electron chi connectivity index (χ0n) is 20.3. The van der Waals surface area contributed by atoms with Crippen molar-refractivity contribution in [2.45, 2.75) is 32.6 Å². The molecular formula is C26H13F14N. The van der Waals surface area contributed by atoms with Gasteiger partial charge in [-0.2, -0.15) is 0 Å². The molecule has 0 amide bonds. The summed E-state index contributed by atoms with van der Waals surface area (Å²) in [6.45, 7) is 0.673. The summed E-state index contributed by atoms with van der Waals surface area (Å²) >= 11 is 0. The molecule has 4 aromatic carbocycles. The van der Waals surface area contributed by atoms with Crippen LogP contribution in [0.15, 0.2) is 0 Å². The molecule has 0 atom stereocenters. The lowest BCUT2D eigenvalue weighted by atomic mass is 9.97. The third-order valence-electron chi connectivity index (χ3n) is 6.41. The number of fused-ring (bicyclic) bond motifs is 2. The van der Waals surface area contributed by atoms with Crippen LogP contribution in [0, 0.1) is 81.4 Å². The number of rotatable bonds is 7. The summed E-state index contributed by atoms with van der Waals surface area (Å²) in [5.74, 6) is -36.6. The van der Waals surface area contributed by atoms with Crippen LogP contribution < -0.4 is 4.90 Å². The molecule has 220 valence electrons. The molecule has 1 nitrogen and oxygen atoms in total. The van der Waals surface area contributed by atoms with Gasteiger partial charge in [0.1, 0.15) is 17.3 Å². The van der Waals surface area contributed by atoms with E-state index in [1.165, 1.54) is 0 Å². The molecule has 0 saturated heterocycles. The number of benzene rings is 4. The van der Waals surface area contributed by atoms with Crippen molar-refractivity contribution >= 4 is 32.9 Å². The van der Waals surface area contributed by atoms with Crippen LogP contribution in [0.3, 0.4) is 0 Å². The third kappa shape index (κ3) is 4.40. The van der Waals surface area contributed by atoms with Crippen LogP contribution in [-0.4, -0.2) is 6.54 Å². The van der Waals surface area contributed by atoms with Crippen molar-refractivity contribution in [1.29, 1.82) is 0 Å². The quantitative estimate of drug-likeness (QED) is 0.0667. The van der Waals surface area contributed by atoms with Crippen molar-refractivity contribution in [3.8, 4) is 0 Å². The van der Waals surface area contributed by atoms with Crippen molar-refractivity contribution in [2.75, 3.05) is 11.4 Å². The standard InChI is InChI=1S/C26H13F14N/c1-2-3-4-5-6-41(26-23(39)20(36)19(35)21(37)24(26)40)25-10-9(15(31)18(34)22(25)38)11(27)7-8(12(10)28)14(30)17(33)16(32)13(7)29/h2-6H2,1H3. The van der Waals surface area contributed by atoms with Gasteiger partial charge in [-0.05, 0) is 6.42 Å². The number of nitrogens with zero attached hydrogens (tertiary/aromatic N) is 1. The van der Waals surface area contributed by atoms with Crippen molar-refractivity contribution in [3.05, 3.63) is 81.4 Å². The highest BCUT2D eigenvalue weighted by atomic mass is 19.2. The molecule has 0 bridgehead atoms. The highest BCUT2D eigenvalue weighted by Crippen LogP contribution is 2.46. The first-order chi connectivity index (χ1) is 19.2. The molecule has 0 aliphatic rings. The van der Waals surface area contributed by atoms with Crippen LogP contribution in [0.25, 0.3) is 21.5 Å². The van der Waals surface area contributed by atoms with Crippen LogP contribution in [0.1, 0.15) is 32.6 Å². The van der Waals surface area contributed by atoms with E-state index in [0.717, 1.165) is 0 Å². The van der Waals surface area contributed by atoms with Crippen LogP contribution >= 0.6 is 0 Å². The molecular weight excluding hydrogens is 592 g/mol. The molecule has 0 aliphatic heterocycles. The molecule has 0 spiro atoms. The predicted octanol–water partition coefficient (Wildman–Crippen LogP) is 9.66. The van der Waals surface area contributed by atoms with Gasteiger partial charge in [0.2, 0.25) is 5.82 Å². The Morgan fingerprint density at radius 1 is 0.341 bits per heavy atom. The number of hydrogen-bond acceptors (Lipinski definition) is 1. The minimum absolute atomic E-state index is 0.107. The zero-order chi connectivity index (χ0) is 30.7. The average molecular weight is 605 g/mol. The molecule has 0 N–H and O–H groups in total. The van der Waals surface area contributed by atoms with Gasteiger partial charge in [0.25, 0.3) is 0 Å². The lowest BCUT2D eigenvalue weighted by Crippen LogP contribution is -2.25. The van der Waals surface area contributed by atoms with E-state index < -0.39 is 121 Å². The molecule has 0 radical (unpaired) electrons. The molecule has 4 rings (SSSR count). The fourth-order valence-corrected chi connectivity index (χ4v) is 4.48. The van der Waals surface area contributed by atoms with Gasteiger partial charge in [-0.1, -0.05) is 26.2 Å². The van der Waals surface area contributed by atoms with Crippen LogP contribution in [0.4, 0.5) is 72.8 Å². The van der Waals surface area contributed by atoms with E-state index in [2.05, 4.69) is 0 Å². The second-order valence-electron chi connectivity index (χ2n) is 8.81. The molecule has 15 heteroatoms. The van der Waals surface area contributed by atoms with Gasteiger partial charge in [0, 0.05) is 6.54 Å². The highest BCUT2D eigenvalue weighted by molar-refractivity contribution is 6.07. The van der Waals surface area contributed by atoms with E-state index >= 15 is 13.2 Å². The van der Waals surface area contributed by atoms with Gasteiger partial charge in [-0.25, -0.2) is 61.5 Å². The number of halogens is 14. The van der Waals surface area contributed by atoms with E-state index in [1.807, 2.05) is 0 Å². The summed E-state index contributed by atoms with van der Waals surface area (Å²) < 4.78 is 204. The van der Waals surface area contributed by atoms with Crippen molar-refractivity contribution in [2.24, 2.45) is 0 Å².